The van der Waals surface area contributed by atoms with Crippen molar-refractivity contribution in [2.45, 2.75) is 31.9 Å². The summed E-state index contributed by atoms with van der Waals surface area (Å²) < 4.78 is 28.6. The summed E-state index contributed by atoms with van der Waals surface area (Å²) in [6, 6.07) is 6.81. The molecular weight excluding hydrogens is 276 g/mol. The minimum atomic E-state index is -2.80. The summed E-state index contributed by atoms with van der Waals surface area (Å²) in [6.07, 6.45) is 5.26. The van der Waals surface area contributed by atoms with Crippen LogP contribution in [0.3, 0.4) is 0 Å². The maximum atomic E-state index is 12.1. The summed E-state index contributed by atoms with van der Waals surface area (Å²) in [4.78, 5) is 7.71. The first-order valence-corrected chi connectivity index (χ1v) is 7.06. The van der Waals surface area contributed by atoms with Crippen LogP contribution in [0, 0.1) is 0 Å². The van der Waals surface area contributed by atoms with E-state index in [0.29, 0.717) is 0 Å². The molecule has 1 aromatic heterocycles. The molecule has 1 aliphatic heterocycles. The second-order valence-corrected chi connectivity index (χ2v) is 5.09. The Morgan fingerprint density at radius 2 is 2.00 bits per heavy atom. The zero-order valence-electron chi connectivity index (χ0n) is 11.5. The van der Waals surface area contributed by atoms with E-state index < -0.39 is 6.61 Å². The third-order valence-electron chi connectivity index (χ3n) is 3.63. The molecule has 112 valence electrons. The first-order chi connectivity index (χ1) is 10.2. The van der Waals surface area contributed by atoms with Crippen LogP contribution in [0.25, 0.3) is 11.3 Å². The molecule has 0 bridgehead atoms. The number of halogens is 2. The van der Waals surface area contributed by atoms with E-state index >= 15 is 0 Å². The molecule has 1 unspecified atom stereocenters. The van der Waals surface area contributed by atoms with Crippen molar-refractivity contribution in [2.24, 2.45) is 0 Å². The Balaban J connectivity index is 1.73. The number of alkyl halides is 2. The molecule has 0 saturated carbocycles. The summed E-state index contributed by atoms with van der Waals surface area (Å²) >= 11 is 0. The van der Waals surface area contributed by atoms with E-state index in [1.54, 1.807) is 18.3 Å². The van der Waals surface area contributed by atoms with Gasteiger partial charge >= 0.3 is 6.61 Å². The maximum absolute atomic E-state index is 12.1. The van der Waals surface area contributed by atoms with Crippen LogP contribution in [-0.2, 0) is 0 Å². The molecule has 2 heterocycles. The van der Waals surface area contributed by atoms with Crippen molar-refractivity contribution in [1.82, 2.24) is 15.3 Å². The summed E-state index contributed by atoms with van der Waals surface area (Å²) in [5, 5.41) is 3.43. The molecule has 0 amide bonds. The quantitative estimate of drug-likeness (QED) is 0.907. The third-order valence-corrected chi connectivity index (χ3v) is 3.63. The molecule has 0 aliphatic carbocycles. The third kappa shape index (κ3) is 3.39. The maximum Gasteiger partial charge on any atom is 0.387 e. The highest BCUT2D eigenvalue weighted by Gasteiger charge is 2.17. The lowest BCUT2D eigenvalue weighted by atomic mass is 10.0. The zero-order chi connectivity index (χ0) is 14.7. The van der Waals surface area contributed by atoms with Gasteiger partial charge in [0, 0.05) is 0 Å². The van der Waals surface area contributed by atoms with Crippen LogP contribution in [0.1, 0.15) is 31.1 Å². The molecule has 6 heteroatoms. The predicted octanol–water partition coefficient (Wildman–Crippen LogP) is 3.49. The number of rotatable bonds is 4. The Morgan fingerprint density at radius 1 is 1.19 bits per heavy atom. The van der Waals surface area contributed by atoms with Gasteiger partial charge in [-0.3, -0.25) is 0 Å². The van der Waals surface area contributed by atoms with E-state index in [1.165, 1.54) is 25.0 Å². The van der Waals surface area contributed by atoms with Crippen molar-refractivity contribution >= 4 is 0 Å². The number of aromatic amines is 1. The standard InChI is InChI=1S/C15H17F2N3O/c16-15(17)21-11-6-4-10(5-7-11)13-9-19-14(20-13)12-3-1-2-8-18-12/h4-7,9,12,15,18H,1-3,8H2,(H,19,20). The van der Waals surface area contributed by atoms with Crippen molar-refractivity contribution in [3.63, 3.8) is 0 Å². The number of nitrogens with one attached hydrogen (secondary N) is 2. The largest absolute Gasteiger partial charge is 0.435 e. The number of ether oxygens (including phenoxy) is 1. The number of hydrogen-bond acceptors (Lipinski definition) is 3. The normalized spacial score (nSPS) is 18.9. The Labute approximate surface area is 121 Å². The van der Waals surface area contributed by atoms with Gasteiger partial charge in [-0.2, -0.15) is 8.78 Å². The van der Waals surface area contributed by atoms with E-state index in [1.807, 2.05) is 0 Å². The highest BCUT2D eigenvalue weighted by Crippen LogP contribution is 2.25. The van der Waals surface area contributed by atoms with E-state index in [2.05, 4.69) is 20.0 Å². The van der Waals surface area contributed by atoms with Gasteiger partial charge in [0.15, 0.2) is 0 Å². The molecule has 1 aliphatic rings. The van der Waals surface area contributed by atoms with Gasteiger partial charge < -0.3 is 15.0 Å². The Morgan fingerprint density at radius 3 is 2.67 bits per heavy atom. The Hall–Kier alpha value is -1.95. The first-order valence-electron chi connectivity index (χ1n) is 7.06. The van der Waals surface area contributed by atoms with Crippen LogP contribution in [-0.4, -0.2) is 23.1 Å². The van der Waals surface area contributed by atoms with Gasteiger partial charge in [0.05, 0.1) is 17.9 Å². The topological polar surface area (TPSA) is 49.9 Å². The zero-order valence-corrected chi connectivity index (χ0v) is 11.5. The van der Waals surface area contributed by atoms with Gasteiger partial charge in [0.1, 0.15) is 11.6 Å². The van der Waals surface area contributed by atoms with Crippen molar-refractivity contribution in [3.8, 4) is 17.0 Å². The van der Waals surface area contributed by atoms with Crippen molar-refractivity contribution in [2.75, 3.05) is 6.54 Å². The fourth-order valence-corrected chi connectivity index (χ4v) is 2.56. The molecule has 2 aromatic rings. The lowest BCUT2D eigenvalue weighted by molar-refractivity contribution is -0.0498. The number of H-pyrrole nitrogens is 1. The number of hydrogen-bond donors (Lipinski definition) is 2. The number of piperidine rings is 1. The molecule has 21 heavy (non-hydrogen) atoms. The van der Waals surface area contributed by atoms with Crippen molar-refractivity contribution < 1.29 is 13.5 Å². The number of imidazole rings is 1. The molecule has 4 nitrogen and oxygen atoms in total. The minimum Gasteiger partial charge on any atom is -0.435 e. The minimum absolute atomic E-state index is 0.155. The predicted molar refractivity (Wildman–Crippen MR) is 75.3 cm³/mol. The SMILES string of the molecule is FC(F)Oc1ccc(-c2cnc(C3CCCCN3)[nH]2)cc1. The van der Waals surface area contributed by atoms with Gasteiger partial charge in [0.2, 0.25) is 0 Å². The molecular formula is C15H17F2N3O. The average Bonchev–Trinajstić information content (AvgIpc) is 2.98. The molecule has 1 saturated heterocycles. The Bertz CT molecular complexity index is 577. The average molecular weight is 293 g/mol. The van der Waals surface area contributed by atoms with Gasteiger partial charge in [-0.05, 0) is 49.2 Å². The highest BCUT2D eigenvalue weighted by atomic mass is 19.3. The highest BCUT2D eigenvalue weighted by molar-refractivity contribution is 5.59. The van der Waals surface area contributed by atoms with Crippen molar-refractivity contribution in [3.05, 3.63) is 36.3 Å². The fourth-order valence-electron chi connectivity index (χ4n) is 2.56. The van der Waals surface area contributed by atoms with Gasteiger partial charge in [-0.15, -0.1) is 0 Å². The first kappa shape index (κ1) is 14.0. The summed E-state index contributed by atoms with van der Waals surface area (Å²) in [7, 11) is 0. The van der Waals surface area contributed by atoms with Crippen molar-refractivity contribution in [1.29, 1.82) is 0 Å². The molecule has 1 atom stereocenters. The van der Waals surface area contributed by atoms with Crippen LogP contribution >= 0.6 is 0 Å². The smallest absolute Gasteiger partial charge is 0.387 e. The van der Waals surface area contributed by atoms with Crippen LogP contribution in [0.15, 0.2) is 30.5 Å². The lowest BCUT2D eigenvalue weighted by Gasteiger charge is -2.21. The van der Waals surface area contributed by atoms with Crippen LogP contribution in [0.5, 0.6) is 5.75 Å². The van der Waals surface area contributed by atoms with Crippen LogP contribution < -0.4 is 10.1 Å². The Kier molecular flexibility index (Phi) is 4.15. The van der Waals surface area contributed by atoms with E-state index in [-0.39, 0.29) is 11.8 Å². The summed E-state index contributed by atoms with van der Waals surface area (Å²) in [5.74, 6) is 1.08. The second-order valence-electron chi connectivity index (χ2n) is 5.09. The van der Waals surface area contributed by atoms with Gasteiger partial charge in [0.25, 0.3) is 0 Å². The van der Waals surface area contributed by atoms with Crippen LogP contribution in [0.4, 0.5) is 8.78 Å². The monoisotopic (exact) mass is 293 g/mol. The lowest BCUT2D eigenvalue weighted by Crippen LogP contribution is -2.27. The second kappa shape index (κ2) is 6.22. The number of benzene rings is 1. The van der Waals surface area contributed by atoms with Gasteiger partial charge in [-0.1, -0.05) is 6.42 Å². The fraction of sp³-hybridized carbons (Fsp3) is 0.400. The molecule has 0 radical (unpaired) electrons. The molecule has 1 aromatic carbocycles. The van der Waals surface area contributed by atoms with E-state index in [9.17, 15) is 8.78 Å². The molecule has 1 fully saturated rings. The molecule has 3 rings (SSSR count). The van der Waals surface area contributed by atoms with Crippen LogP contribution in [0.2, 0.25) is 0 Å². The van der Waals surface area contributed by atoms with Gasteiger partial charge in [-0.25, -0.2) is 4.98 Å². The summed E-state index contributed by atoms with van der Waals surface area (Å²) in [5.41, 5.74) is 1.77. The summed E-state index contributed by atoms with van der Waals surface area (Å²) in [6.45, 7) is -1.78. The molecule has 0 spiro atoms. The number of nitrogens with zero attached hydrogens (tertiary/aromatic N) is 1. The van der Waals surface area contributed by atoms with E-state index in [0.717, 1.165) is 30.0 Å². The molecule has 2 N–H and O–H groups in total. The van der Waals surface area contributed by atoms with E-state index in [4.69, 9.17) is 0 Å². The number of aromatic nitrogens is 2.